The van der Waals surface area contributed by atoms with Crippen LogP contribution in [0.4, 0.5) is 9.18 Å². The molecular formula is C35H48FN5O7S. The molecule has 1 aromatic carbocycles. The van der Waals surface area contributed by atoms with E-state index < -0.39 is 68.6 Å². The molecule has 3 N–H and O–H groups in total. The number of nitrogens with zero attached hydrogens (tertiary/aromatic N) is 2. The fourth-order valence-electron chi connectivity index (χ4n) is 7.06. The Labute approximate surface area is 287 Å². The molecule has 12 nitrogen and oxygen atoms in total. The molecule has 14 heteroatoms. The number of rotatable bonds is 6. The number of hydrogen-bond acceptors (Lipinski definition) is 8. The van der Waals surface area contributed by atoms with Gasteiger partial charge in [-0.25, -0.2) is 17.6 Å². The maximum atomic E-state index is 14.4. The average molecular weight is 702 g/mol. The van der Waals surface area contributed by atoms with Crippen LogP contribution in [0.25, 0.3) is 0 Å². The summed E-state index contributed by atoms with van der Waals surface area (Å²) in [5, 5.41) is 5.65. The number of halogens is 1. The van der Waals surface area contributed by atoms with Crippen LogP contribution in [0.1, 0.15) is 89.7 Å². The number of nitrogens with one attached hydrogen (secondary N) is 3. The summed E-state index contributed by atoms with van der Waals surface area (Å²) in [4.78, 5) is 58.2. The van der Waals surface area contributed by atoms with Crippen molar-refractivity contribution in [2.75, 3.05) is 13.1 Å². The van der Waals surface area contributed by atoms with Gasteiger partial charge in [0, 0.05) is 31.0 Å². The molecule has 0 unspecified atom stereocenters. The molecule has 3 aliphatic heterocycles. The average Bonchev–Trinajstić information content (AvgIpc) is 3.91. The van der Waals surface area contributed by atoms with E-state index in [4.69, 9.17) is 4.74 Å². The first kappa shape index (κ1) is 35.3. The van der Waals surface area contributed by atoms with Crippen molar-refractivity contribution in [3.8, 4) is 0 Å². The summed E-state index contributed by atoms with van der Waals surface area (Å²) in [7, 11) is -3.87. The Balaban J connectivity index is 1.24. The van der Waals surface area contributed by atoms with Crippen LogP contribution in [0.2, 0.25) is 0 Å². The van der Waals surface area contributed by atoms with Crippen LogP contribution in [-0.4, -0.2) is 84.1 Å². The van der Waals surface area contributed by atoms with Crippen LogP contribution >= 0.6 is 0 Å². The number of benzene rings is 1. The number of carbonyl (C=O) groups excluding carboxylic acids is 4. The lowest BCUT2D eigenvalue weighted by Gasteiger charge is -2.31. The minimum absolute atomic E-state index is 0.0109. The number of hydrogen-bond donors (Lipinski definition) is 3. The van der Waals surface area contributed by atoms with E-state index in [9.17, 15) is 32.0 Å². The Morgan fingerprint density at radius 3 is 2.59 bits per heavy atom. The van der Waals surface area contributed by atoms with Crippen molar-refractivity contribution in [3.63, 3.8) is 0 Å². The van der Waals surface area contributed by atoms with Crippen molar-refractivity contribution in [3.05, 3.63) is 47.3 Å². The summed E-state index contributed by atoms with van der Waals surface area (Å²) in [6.45, 7) is 6.94. The van der Waals surface area contributed by atoms with E-state index >= 15 is 0 Å². The minimum atomic E-state index is -3.87. The van der Waals surface area contributed by atoms with E-state index in [0.717, 1.165) is 25.7 Å². The van der Waals surface area contributed by atoms with Crippen LogP contribution in [0.15, 0.2) is 30.4 Å². The van der Waals surface area contributed by atoms with Gasteiger partial charge in [0.2, 0.25) is 21.8 Å². The molecule has 0 spiro atoms. The van der Waals surface area contributed by atoms with Crippen molar-refractivity contribution >= 4 is 33.8 Å². The van der Waals surface area contributed by atoms with Crippen molar-refractivity contribution in [2.24, 2.45) is 11.3 Å². The van der Waals surface area contributed by atoms with Gasteiger partial charge in [0.1, 0.15) is 23.5 Å². The van der Waals surface area contributed by atoms with Gasteiger partial charge in [-0.2, -0.15) is 0 Å². The molecule has 6 rings (SSSR count). The van der Waals surface area contributed by atoms with Gasteiger partial charge in [0.15, 0.2) is 0 Å². The molecule has 0 aromatic heterocycles. The van der Waals surface area contributed by atoms with Crippen LogP contribution in [-0.2, 0) is 42.2 Å². The molecule has 5 atom stereocenters. The third-order valence-electron chi connectivity index (χ3n) is 10.2. The molecule has 49 heavy (non-hydrogen) atoms. The first-order chi connectivity index (χ1) is 23.2. The Hall–Kier alpha value is -3.52. The molecular weight excluding hydrogens is 653 g/mol. The predicted octanol–water partition coefficient (Wildman–Crippen LogP) is 3.26. The minimum Gasteiger partial charge on any atom is -0.444 e. The zero-order valence-electron chi connectivity index (χ0n) is 28.5. The standard InChI is InChI=1S/C35H48FN5O7S/c1-34(2,3)21-37-28-13-8-6-4-5-7-11-23-17-35(23,32(44)39-49(46,47)25-14-15-25)38-30(42)29-16-24(19-41(29)31(28)43)48-33(45)40-18-22-10-9-12-27(36)26(22)20-40/h7,9-12,23-25,28-29,37H,4-6,8,13-21H2,1-3H3,(H,38,42)(H,39,44)/t23-,24-,28+,29+,35-/m1/s1. The van der Waals surface area contributed by atoms with Crippen LogP contribution in [0.3, 0.4) is 0 Å². The van der Waals surface area contributed by atoms with Gasteiger partial charge in [-0.15, -0.1) is 0 Å². The van der Waals surface area contributed by atoms with Crippen molar-refractivity contribution in [1.29, 1.82) is 0 Å². The fourth-order valence-corrected chi connectivity index (χ4v) is 8.42. The van der Waals surface area contributed by atoms with Crippen molar-refractivity contribution in [1.82, 2.24) is 25.2 Å². The summed E-state index contributed by atoms with van der Waals surface area (Å²) >= 11 is 0. The fraction of sp³-hybridized carbons (Fsp3) is 0.657. The van der Waals surface area contributed by atoms with Gasteiger partial charge in [0.25, 0.3) is 5.91 Å². The van der Waals surface area contributed by atoms with E-state index in [1.807, 2.05) is 12.2 Å². The van der Waals surface area contributed by atoms with Crippen LogP contribution < -0.4 is 15.4 Å². The van der Waals surface area contributed by atoms with E-state index in [0.29, 0.717) is 36.9 Å². The number of sulfonamides is 1. The number of carbonyl (C=O) groups is 4. The highest BCUT2D eigenvalue weighted by Gasteiger charge is 2.62. The second-order valence-electron chi connectivity index (χ2n) is 15.5. The summed E-state index contributed by atoms with van der Waals surface area (Å²) in [6.07, 6.45) is 7.35. The van der Waals surface area contributed by atoms with Crippen molar-refractivity contribution in [2.45, 2.75) is 121 Å². The quantitative estimate of drug-likeness (QED) is 0.382. The van der Waals surface area contributed by atoms with Crippen LogP contribution in [0, 0.1) is 17.2 Å². The molecule has 0 bridgehead atoms. The number of amides is 4. The third-order valence-corrected chi connectivity index (χ3v) is 12.0. The van der Waals surface area contributed by atoms with Gasteiger partial charge in [0.05, 0.1) is 24.4 Å². The van der Waals surface area contributed by atoms with Gasteiger partial charge in [-0.1, -0.05) is 57.9 Å². The lowest BCUT2D eigenvalue weighted by molar-refractivity contribution is -0.141. The van der Waals surface area contributed by atoms with Crippen molar-refractivity contribution < 1.29 is 36.7 Å². The van der Waals surface area contributed by atoms with Gasteiger partial charge >= 0.3 is 6.09 Å². The molecule has 5 aliphatic rings. The molecule has 2 aliphatic carbocycles. The molecule has 0 radical (unpaired) electrons. The lowest BCUT2D eigenvalue weighted by atomic mass is 9.95. The highest BCUT2D eigenvalue weighted by atomic mass is 32.2. The molecule has 4 amide bonds. The first-order valence-electron chi connectivity index (χ1n) is 17.5. The summed E-state index contributed by atoms with van der Waals surface area (Å²) in [6, 6.07) is 3.04. The highest BCUT2D eigenvalue weighted by Crippen LogP contribution is 2.46. The third kappa shape index (κ3) is 7.95. The molecule has 3 fully saturated rings. The number of allylic oxidation sites excluding steroid dienone is 1. The monoisotopic (exact) mass is 701 g/mol. The molecule has 268 valence electrons. The second kappa shape index (κ2) is 13.7. The summed E-state index contributed by atoms with van der Waals surface area (Å²) < 4.78 is 47.9. The van der Waals surface area contributed by atoms with Crippen LogP contribution in [0.5, 0.6) is 0 Å². The molecule has 1 saturated heterocycles. The lowest BCUT2D eigenvalue weighted by Crippen LogP contribution is -2.58. The van der Waals surface area contributed by atoms with Gasteiger partial charge in [-0.05, 0) is 55.6 Å². The topological polar surface area (TPSA) is 154 Å². The second-order valence-corrected chi connectivity index (χ2v) is 17.4. The van der Waals surface area contributed by atoms with E-state index in [1.165, 1.54) is 15.9 Å². The maximum Gasteiger partial charge on any atom is 0.410 e. The first-order valence-corrected chi connectivity index (χ1v) is 19.0. The molecule has 1 aromatic rings. The molecule has 2 saturated carbocycles. The Kier molecular flexibility index (Phi) is 9.84. The summed E-state index contributed by atoms with van der Waals surface area (Å²) in [5.41, 5.74) is -0.468. The zero-order chi connectivity index (χ0) is 35.1. The number of ether oxygens (including phenoxy) is 1. The Bertz CT molecular complexity index is 1620. The smallest absolute Gasteiger partial charge is 0.410 e. The van der Waals surface area contributed by atoms with E-state index in [2.05, 4.69) is 36.1 Å². The van der Waals surface area contributed by atoms with E-state index in [1.54, 1.807) is 12.1 Å². The van der Waals surface area contributed by atoms with E-state index in [-0.39, 0.29) is 43.8 Å². The predicted molar refractivity (Wildman–Crippen MR) is 179 cm³/mol. The number of fused-ring (bicyclic) bond motifs is 3. The summed E-state index contributed by atoms with van der Waals surface area (Å²) in [5.74, 6) is -2.49. The maximum absolute atomic E-state index is 14.4. The zero-order valence-corrected chi connectivity index (χ0v) is 29.3. The largest absolute Gasteiger partial charge is 0.444 e. The normalized spacial score (nSPS) is 29.2. The molecule has 3 heterocycles. The highest BCUT2D eigenvalue weighted by molar-refractivity contribution is 7.91. The Morgan fingerprint density at radius 1 is 1.10 bits per heavy atom. The van der Waals surface area contributed by atoms with Gasteiger partial charge in [-0.3, -0.25) is 24.0 Å². The van der Waals surface area contributed by atoms with Gasteiger partial charge < -0.3 is 20.3 Å². The SMILES string of the molecule is CC(C)(C)CN[C@H]1CCCCCC=C[C@@H]2C[C@@]2(C(=O)NS(=O)(=O)C2CC2)NC(=O)[C@@H]2C[C@@H](OC(=O)N3Cc4cccc(F)c4C3)CN2C1=O. The Morgan fingerprint density at radius 2 is 1.88 bits per heavy atom.